The van der Waals surface area contributed by atoms with Crippen LogP contribution in [0.25, 0.3) is 0 Å². The van der Waals surface area contributed by atoms with Crippen molar-refractivity contribution in [3.8, 4) is 0 Å². The molecule has 1 fully saturated rings. The standard InChI is InChI=1S/C16H20N4O2S/c1-12-8-13(23-9-12)14(21)19-10-16(22)4-2-7-20(11-16)15-17-5-3-6-18-15/h3,5-6,8-9,22H,2,4,7,10-11H2,1H3,(H,19,21). The molecular formula is C16H20N4O2S. The van der Waals surface area contributed by atoms with E-state index in [1.807, 2.05) is 23.3 Å². The van der Waals surface area contributed by atoms with Crippen molar-refractivity contribution in [2.24, 2.45) is 0 Å². The smallest absolute Gasteiger partial charge is 0.261 e. The Hall–Kier alpha value is -1.99. The van der Waals surface area contributed by atoms with Crippen LogP contribution in [-0.2, 0) is 0 Å². The Bertz CT molecular complexity index is 676. The van der Waals surface area contributed by atoms with Crippen LogP contribution in [0.3, 0.4) is 0 Å². The van der Waals surface area contributed by atoms with Crippen molar-refractivity contribution < 1.29 is 9.90 Å². The van der Waals surface area contributed by atoms with Crippen molar-refractivity contribution in [1.82, 2.24) is 15.3 Å². The lowest BCUT2D eigenvalue weighted by Crippen LogP contribution is -2.54. The molecule has 7 heteroatoms. The molecule has 2 aromatic rings. The van der Waals surface area contributed by atoms with Crippen LogP contribution in [0.15, 0.2) is 29.9 Å². The Morgan fingerprint density at radius 2 is 2.26 bits per heavy atom. The highest BCUT2D eigenvalue weighted by Gasteiger charge is 2.34. The lowest BCUT2D eigenvalue weighted by molar-refractivity contribution is 0.0253. The van der Waals surface area contributed by atoms with Gasteiger partial charge in [0.25, 0.3) is 5.91 Å². The molecule has 1 aliphatic heterocycles. The summed E-state index contributed by atoms with van der Waals surface area (Å²) in [6.07, 6.45) is 4.87. The number of aromatic nitrogens is 2. The molecule has 122 valence electrons. The number of piperidine rings is 1. The Labute approximate surface area is 139 Å². The van der Waals surface area contributed by atoms with E-state index >= 15 is 0 Å². The number of amides is 1. The van der Waals surface area contributed by atoms with E-state index in [4.69, 9.17) is 0 Å². The first kappa shape index (κ1) is 15.9. The Morgan fingerprint density at radius 1 is 1.48 bits per heavy atom. The minimum Gasteiger partial charge on any atom is -0.386 e. The maximum atomic E-state index is 12.1. The second-order valence-corrected chi connectivity index (χ2v) is 6.88. The lowest BCUT2D eigenvalue weighted by Gasteiger charge is -2.39. The minimum absolute atomic E-state index is 0.135. The van der Waals surface area contributed by atoms with E-state index in [1.165, 1.54) is 11.3 Å². The summed E-state index contributed by atoms with van der Waals surface area (Å²) >= 11 is 1.42. The third-order valence-electron chi connectivity index (χ3n) is 3.92. The molecule has 1 aliphatic rings. The van der Waals surface area contributed by atoms with Gasteiger partial charge in [0.15, 0.2) is 0 Å². The maximum Gasteiger partial charge on any atom is 0.261 e. The highest BCUT2D eigenvalue weighted by Crippen LogP contribution is 2.23. The van der Waals surface area contributed by atoms with Crippen LogP contribution in [0, 0.1) is 6.92 Å². The van der Waals surface area contributed by atoms with Crippen LogP contribution in [0.4, 0.5) is 5.95 Å². The Morgan fingerprint density at radius 3 is 2.96 bits per heavy atom. The fourth-order valence-corrected chi connectivity index (χ4v) is 3.58. The molecule has 0 radical (unpaired) electrons. The zero-order valence-corrected chi connectivity index (χ0v) is 13.8. The van der Waals surface area contributed by atoms with Gasteiger partial charge in [0, 0.05) is 25.5 Å². The molecule has 23 heavy (non-hydrogen) atoms. The molecular weight excluding hydrogens is 312 g/mol. The first-order valence-electron chi connectivity index (χ1n) is 7.63. The SMILES string of the molecule is Cc1csc(C(=O)NCC2(O)CCCN(c3ncccn3)C2)c1. The minimum atomic E-state index is -0.959. The number of hydrogen-bond acceptors (Lipinski definition) is 6. The molecule has 0 aliphatic carbocycles. The van der Waals surface area contributed by atoms with Crippen LogP contribution in [0.1, 0.15) is 28.1 Å². The molecule has 0 bridgehead atoms. The molecule has 1 atom stereocenters. The fraction of sp³-hybridized carbons (Fsp3) is 0.438. The van der Waals surface area contributed by atoms with Crippen molar-refractivity contribution in [3.63, 3.8) is 0 Å². The van der Waals surface area contributed by atoms with Crippen molar-refractivity contribution >= 4 is 23.2 Å². The zero-order valence-electron chi connectivity index (χ0n) is 13.0. The maximum absolute atomic E-state index is 12.1. The molecule has 1 unspecified atom stereocenters. The van der Waals surface area contributed by atoms with Crippen LogP contribution in [-0.4, -0.2) is 46.2 Å². The van der Waals surface area contributed by atoms with E-state index in [0.717, 1.165) is 18.5 Å². The number of β-amino-alcohol motifs (C(OH)–C–C–N with tert-alkyl or cyclic N) is 1. The lowest BCUT2D eigenvalue weighted by atomic mass is 9.93. The van der Waals surface area contributed by atoms with Gasteiger partial charge in [-0.05, 0) is 42.8 Å². The van der Waals surface area contributed by atoms with Gasteiger partial charge < -0.3 is 15.3 Å². The predicted molar refractivity (Wildman–Crippen MR) is 89.8 cm³/mol. The Kier molecular flexibility index (Phi) is 4.58. The van der Waals surface area contributed by atoms with Crippen LogP contribution >= 0.6 is 11.3 Å². The number of carbonyl (C=O) groups excluding carboxylic acids is 1. The number of rotatable bonds is 4. The summed E-state index contributed by atoms with van der Waals surface area (Å²) in [7, 11) is 0. The quantitative estimate of drug-likeness (QED) is 0.889. The molecule has 3 heterocycles. The molecule has 3 rings (SSSR count). The Balaban J connectivity index is 1.61. The number of nitrogens with one attached hydrogen (secondary N) is 1. The molecule has 1 amide bonds. The van der Waals surface area contributed by atoms with E-state index in [9.17, 15) is 9.90 Å². The van der Waals surface area contributed by atoms with Gasteiger partial charge in [-0.3, -0.25) is 4.79 Å². The average molecular weight is 332 g/mol. The van der Waals surface area contributed by atoms with E-state index in [1.54, 1.807) is 18.5 Å². The molecule has 0 spiro atoms. The zero-order chi connectivity index (χ0) is 16.3. The summed E-state index contributed by atoms with van der Waals surface area (Å²) in [4.78, 5) is 23.2. The highest BCUT2D eigenvalue weighted by molar-refractivity contribution is 7.12. The summed E-state index contributed by atoms with van der Waals surface area (Å²) in [5.74, 6) is 0.482. The van der Waals surface area contributed by atoms with Gasteiger partial charge in [0.05, 0.1) is 17.0 Å². The predicted octanol–water partition coefficient (Wildman–Crippen LogP) is 1.61. The van der Waals surface area contributed by atoms with E-state index in [2.05, 4.69) is 15.3 Å². The van der Waals surface area contributed by atoms with Crippen molar-refractivity contribution in [1.29, 1.82) is 0 Å². The number of aryl methyl sites for hydroxylation is 1. The molecule has 0 saturated carbocycles. The van der Waals surface area contributed by atoms with Gasteiger partial charge in [-0.2, -0.15) is 0 Å². The number of anilines is 1. The first-order valence-corrected chi connectivity index (χ1v) is 8.51. The number of aliphatic hydroxyl groups is 1. The van der Waals surface area contributed by atoms with Gasteiger partial charge in [0.1, 0.15) is 0 Å². The molecule has 2 aromatic heterocycles. The van der Waals surface area contributed by atoms with Gasteiger partial charge in [-0.1, -0.05) is 0 Å². The van der Waals surface area contributed by atoms with E-state index in [0.29, 0.717) is 23.8 Å². The molecule has 1 saturated heterocycles. The second kappa shape index (κ2) is 6.64. The highest BCUT2D eigenvalue weighted by atomic mass is 32.1. The average Bonchev–Trinajstić information content (AvgIpc) is 3.00. The van der Waals surface area contributed by atoms with E-state index in [-0.39, 0.29) is 12.5 Å². The summed E-state index contributed by atoms with van der Waals surface area (Å²) in [6, 6.07) is 3.62. The summed E-state index contributed by atoms with van der Waals surface area (Å²) < 4.78 is 0. The first-order chi connectivity index (χ1) is 11.1. The van der Waals surface area contributed by atoms with Crippen LogP contribution in [0.5, 0.6) is 0 Å². The monoisotopic (exact) mass is 332 g/mol. The normalized spacial score (nSPS) is 21.2. The number of hydrogen-bond donors (Lipinski definition) is 2. The second-order valence-electron chi connectivity index (χ2n) is 5.97. The third kappa shape index (κ3) is 3.86. The third-order valence-corrected chi connectivity index (χ3v) is 4.97. The van der Waals surface area contributed by atoms with Crippen LogP contribution in [0.2, 0.25) is 0 Å². The van der Waals surface area contributed by atoms with Gasteiger partial charge in [0.2, 0.25) is 5.95 Å². The number of nitrogens with zero attached hydrogens (tertiary/aromatic N) is 3. The number of carbonyl (C=O) groups is 1. The summed E-state index contributed by atoms with van der Waals surface area (Å²) in [5.41, 5.74) is 0.114. The molecule has 6 nitrogen and oxygen atoms in total. The summed E-state index contributed by atoms with van der Waals surface area (Å²) in [6.45, 7) is 3.41. The molecule has 0 aromatic carbocycles. The van der Waals surface area contributed by atoms with Crippen molar-refractivity contribution in [2.75, 3.05) is 24.5 Å². The number of thiophene rings is 1. The van der Waals surface area contributed by atoms with E-state index < -0.39 is 5.60 Å². The van der Waals surface area contributed by atoms with Gasteiger partial charge in [-0.25, -0.2) is 9.97 Å². The summed E-state index contributed by atoms with van der Waals surface area (Å²) in [5, 5.41) is 15.6. The van der Waals surface area contributed by atoms with Crippen LogP contribution < -0.4 is 10.2 Å². The molecule has 2 N–H and O–H groups in total. The van der Waals surface area contributed by atoms with Crippen molar-refractivity contribution in [2.45, 2.75) is 25.4 Å². The van der Waals surface area contributed by atoms with Gasteiger partial charge >= 0.3 is 0 Å². The topological polar surface area (TPSA) is 78.4 Å². The van der Waals surface area contributed by atoms with Crippen molar-refractivity contribution in [3.05, 3.63) is 40.3 Å². The fourth-order valence-electron chi connectivity index (χ4n) is 2.76. The largest absolute Gasteiger partial charge is 0.386 e. The van der Waals surface area contributed by atoms with Gasteiger partial charge in [-0.15, -0.1) is 11.3 Å².